The van der Waals surface area contributed by atoms with Gasteiger partial charge in [-0.2, -0.15) is 0 Å². The Morgan fingerprint density at radius 1 is 1.33 bits per heavy atom. The highest BCUT2D eigenvalue weighted by Crippen LogP contribution is 2.32. The van der Waals surface area contributed by atoms with Gasteiger partial charge in [-0.1, -0.05) is 0 Å². The van der Waals surface area contributed by atoms with E-state index in [1.807, 2.05) is 0 Å². The molecule has 0 aromatic heterocycles. The van der Waals surface area contributed by atoms with Gasteiger partial charge in [-0.15, -0.1) is 0 Å². The van der Waals surface area contributed by atoms with Gasteiger partial charge in [0.05, 0.1) is 6.10 Å². The zero-order chi connectivity index (χ0) is 12.4. The van der Waals surface area contributed by atoms with Gasteiger partial charge in [0, 0.05) is 18.7 Å². The first-order chi connectivity index (χ1) is 8.83. The average molecular weight is 249 g/mol. The van der Waals surface area contributed by atoms with Crippen LogP contribution in [-0.4, -0.2) is 32.0 Å². The van der Waals surface area contributed by atoms with Crippen LogP contribution in [-0.2, 0) is 4.74 Å². The Kier molecular flexibility index (Phi) is 3.06. The number of rotatable bonds is 3. The zero-order valence-corrected chi connectivity index (χ0v) is 9.98. The highest BCUT2D eigenvalue weighted by Gasteiger charge is 2.19. The molecule has 1 amide bonds. The Bertz CT molecular complexity index is 454. The summed E-state index contributed by atoms with van der Waals surface area (Å²) in [5, 5.41) is 2.87. The van der Waals surface area contributed by atoms with Crippen molar-refractivity contribution in [2.75, 3.05) is 19.9 Å². The smallest absolute Gasteiger partial charge is 0.251 e. The first-order valence-corrected chi connectivity index (χ1v) is 6.12. The topological polar surface area (TPSA) is 56.8 Å². The highest BCUT2D eigenvalue weighted by atomic mass is 16.7. The summed E-state index contributed by atoms with van der Waals surface area (Å²) in [6.45, 7) is 1.58. The Hall–Kier alpha value is -1.75. The molecule has 0 aliphatic carbocycles. The SMILES string of the molecule is O=C(NC[C@@H]1CCCO1)c1ccc2c(c1)OCO2. The maximum absolute atomic E-state index is 11.9. The van der Waals surface area contributed by atoms with Gasteiger partial charge in [0.2, 0.25) is 6.79 Å². The lowest BCUT2D eigenvalue weighted by Crippen LogP contribution is -2.31. The van der Waals surface area contributed by atoms with Crippen LogP contribution < -0.4 is 14.8 Å². The summed E-state index contributed by atoms with van der Waals surface area (Å²) in [6, 6.07) is 5.19. The van der Waals surface area contributed by atoms with Crippen LogP contribution in [0.5, 0.6) is 11.5 Å². The largest absolute Gasteiger partial charge is 0.454 e. The summed E-state index contributed by atoms with van der Waals surface area (Å²) in [5.74, 6) is 1.20. The molecular formula is C13H15NO4. The molecule has 96 valence electrons. The Labute approximate surface area is 105 Å². The third-order valence-electron chi connectivity index (χ3n) is 3.15. The van der Waals surface area contributed by atoms with Gasteiger partial charge in [0.15, 0.2) is 11.5 Å². The number of benzene rings is 1. The van der Waals surface area contributed by atoms with E-state index in [0.29, 0.717) is 23.6 Å². The molecule has 5 nitrogen and oxygen atoms in total. The third-order valence-corrected chi connectivity index (χ3v) is 3.15. The van der Waals surface area contributed by atoms with Crippen molar-refractivity contribution in [3.8, 4) is 11.5 Å². The van der Waals surface area contributed by atoms with Crippen LogP contribution in [0, 0.1) is 0 Å². The van der Waals surface area contributed by atoms with E-state index in [1.165, 1.54) is 0 Å². The van der Waals surface area contributed by atoms with Crippen LogP contribution in [0.15, 0.2) is 18.2 Å². The fourth-order valence-corrected chi connectivity index (χ4v) is 2.15. The van der Waals surface area contributed by atoms with Gasteiger partial charge in [-0.25, -0.2) is 0 Å². The number of ether oxygens (including phenoxy) is 3. The van der Waals surface area contributed by atoms with Crippen molar-refractivity contribution in [1.29, 1.82) is 0 Å². The summed E-state index contributed by atoms with van der Waals surface area (Å²) in [6.07, 6.45) is 2.24. The van der Waals surface area contributed by atoms with Crippen LogP contribution in [0.3, 0.4) is 0 Å². The Balaban J connectivity index is 1.61. The predicted molar refractivity (Wildman–Crippen MR) is 63.9 cm³/mol. The second-order valence-electron chi connectivity index (χ2n) is 4.41. The summed E-state index contributed by atoms with van der Waals surface area (Å²) >= 11 is 0. The van der Waals surface area contributed by atoms with E-state index in [1.54, 1.807) is 18.2 Å². The molecule has 1 fully saturated rings. The highest BCUT2D eigenvalue weighted by molar-refractivity contribution is 5.94. The van der Waals surface area contributed by atoms with Crippen molar-refractivity contribution in [2.24, 2.45) is 0 Å². The molecule has 1 aromatic rings. The third kappa shape index (κ3) is 2.26. The van der Waals surface area contributed by atoms with Crippen LogP contribution in [0.4, 0.5) is 0 Å². The van der Waals surface area contributed by atoms with Gasteiger partial charge >= 0.3 is 0 Å². The van der Waals surface area contributed by atoms with E-state index >= 15 is 0 Å². The van der Waals surface area contributed by atoms with Crippen molar-refractivity contribution in [1.82, 2.24) is 5.32 Å². The van der Waals surface area contributed by atoms with Crippen LogP contribution in [0.25, 0.3) is 0 Å². The molecule has 0 saturated carbocycles. The van der Waals surface area contributed by atoms with Crippen molar-refractivity contribution >= 4 is 5.91 Å². The zero-order valence-electron chi connectivity index (χ0n) is 9.98. The molecule has 0 radical (unpaired) electrons. The molecule has 1 saturated heterocycles. The lowest BCUT2D eigenvalue weighted by molar-refractivity contribution is 0.0857. The van der Waals surface area contributed by atoms with Crippen molar-refractivity contribution in [2.45, 2.75) is 18.9 Å². The first kappa shape index (κ1) is 11.3. The number of nitrogens with one attached hydrogen (secondary N) is 1. The molecule has 1 atom stereocenters. The van der Waals surface area contributed by atoms with E-state index in [0.717, 1.165) is 19.4 Å². The molecule has 3 rings (SSSR count). The van der Waals surface area contributed by atoms with E-state index in [-0.39, 0.29) is 18.8 Å². The molecule has 1 N–H and O–H groups in total. The molecule has 2 aliphatic heterocycles. The van der Waals surface area contributed by atoms with Crippen LogP contribution in [0.1, 0.15) is 23.2 Å². The summed E-state index contributed by atoms with van der Waals surface area (Å²) in [7, 11) is 0. The maximum Gasteiger partial charge on any atom is 0.251 e. The van der Waals surface area contributed by atoms with Crippen molar-refractivity contribution < 1.29 is 19.0 Å². The lowest BCUT2D eigenvalue weighted by Gasteiger charge is -2.10. The molecule has 0 bridgehead atoms. The number of fused-ring (bicyclic) bond motifs is 1. The standard InChI is InChI=1S/C13H15NO4/c15-13(14-7-10-2-1-5-16-10)9-3-4-11-12(6-9)18-8-17-11/h3-4,6,10H,1-2,5,7-8H2,(H,14,15)/t10-/m0/s1. The first-order valence-electron chi connectivity index (χ1n) is 6.12. The second-order valence-corrected chi connectivity index (χ2v) is 4.41. The van der Waals surface area contributed by atoms with E-state index in [4.69, 9.17) is 14.2 Å². The molecule has 5 heteroatoms. The summed E-state index contributed by atoms with van der Waals surface area (Å²) in [5.41, 5.74) is 0.581. The Morgan fingerprint density at radius 2 is 2.22 bits per heavy atom. The Morgan fingerprint density at radius 3 is 3.06 bits per heavy atom. The van der Waals surface area contributed by atoms with Crippen molar-refractivity contribution in [3.63, 3.8) is 0 Å². The normalized spacial score (nSPS) is 21.0. The van der Waals surface area contributed by atoms with E-state index in [2.05, 4.69) is 5.32 Å². The molecule has 0 spiro atoms. The van der Waals surface area contributed by atoms with E-state index in [9.17, 15) is 4.79 Å². The predicted octanol–water partition coefficient (Wildman–Crippen LogP) is 1.32. The van der Waals surface area contributed by atoms with Gasteiger partial charge < -0.3 is 19.5 Å². The average Bonchev–Trinajstić information content (AvgIpc) is 3.05. The minimum absolute atomic E-state index is 0.108. The number of hydrogen-bond donors (Lipinski definition) is 1. The van der Waals surface area contributed by atoms with Gasteiger partial charge in [0.25, 0.3) is 5.91 Å². The summed E-state index contributed by atoms with van der Waals surface area (Å²) < 4.78 is 15.9. The molecule has 2 heterocycles. The van der Waals surface area contributed by atoms with Crippen LogP contribution >= 0.6 is 0 Å². The summed E-state index contributed by atoms with van der Waals surface area (Å²) in [4.78, 5) is 11.9. The van der Waals surface area contributed by atoms with Crippen LogP contribution in [0.2, 0.25) is 0 Å². The van der Waals surface area contributed by atoms with E-state index < -0.39 is 0 Å². The molecule has 2 aliphatic rings. The maximum atomic E-state index is 11.9. The van der Waals surface area contributed by atoms with Gasteiger partial charge in [0.1, 0.15) is 0 Å². The fraction of sp³-hybridized carbons (Fsp3) is 0.462. The number of amides is 1. The molecule has 1 aromatic carbocycles. The second kappa shape index (κ2) is 4.86. The number of carbonyl (C=O) groups excluding carboxylic acids is 1. The molecule has 0 unspecified atom stereocenters. The molecule has 18 heavy (non-hydrogen) atoms. The number of hydrogen-bond acceptors (Lipinski definition) is 4. The quantitative estimate of drug-likeness (QED) is 0.878. The minimum atomic E-state index is -0.108. The van der Waals surface area contributed by atoms with Gasteiger partial charge in [-0.05, 0) is 31.0 Å². The molecular weight excluding hydrogens is 234 g/mol. The minimum Gasteiger partial charge on any atom is -0.454 e. The number of carbonyl (C=O) groups is 1. The lowest BCUT2D eigenvalue weighted by atomic mass is 10.2. The van der Waals surface area contributed by atoms with Gasteiger partial charge in [-0.3, -0.25) is 4.79 Å². The van der Waals surface area contributed by atoms with Crippen molar-refractivity contribution in [3.05, 3.63) is 23.8 Å². The fourth-order valence-electron chi connectivity index (χ4n) is 2.15. The monoisotopic (exact) mass is 249 g/mol.